The molecule has 3 rings (SSSR count). The SMILES string of the molecule is CCNC(=O)C(C)N(Cc1cccc(C)c1)C(=O)CN(c1ccc(OC)c(Cl)c1)S(=O)(=O)c1ccccc1. The molecule has 0 aromatic heterocycles. The number of amides is 2. The standard InChI is InChI=1S/C28H32ClN3O5S/c1-5-30-28(34)21(3)31(18-22-11-9-10-20(2)16-22)27(33)19-32(23-14-15-26(37-4)25(29)17-23)38(35,36)24-12-7-6-8-13-24/h6-17,21H,5,18-19H2,1-4H3,(H,30,34). The topological polar surface area (TPSA) is 96.0 Å². The predicted octanol–water partition coefficient (Wildman–Crippen LogP) is 4.41. The Morgan fingerprint density at radius 1 is 1.03 bits per heavy atom. The van der Waals surface area contributed by atoms with Gasteiger partial charge in [-0.25, -0.2) is 8.42 Å². The van der Waals surface area contributed by atoms with Crippen LogP contribution in [-0.2, 0) is 26.2 Å². The molecule has 10 heteroatoms. The largest absolute Gasteiger partial charge is 0.495 e. The Balaban J connectivity index is 2.05. The van der Waals surface area contributed by atoms with E-state index in [1.165, 1.54) is 42.3 Å². The number of aryl methyl sites for hydroxylation is 1. The Hall–Kier alpha value is -3.56. The van der Waals surface area contributed by atoms with E-state index in [0.717, 1.165) is 15.4 Å². The molecule has 1 atom stereocenters. The molecule has 0 aliphatic heterocycles. The normalized spacial score (nSPS) is 11.9. The number of carbonyl (C=O) groups excluding carboxylic acids is 2. The maximum absolute atomic E-state index is 13.8. The van der Waals surface area contributed by atoms with Crippen LogP contribution in [0.3, 0.4) is 0 Å². The molecule has 3 aromatic carbocycles. The van der Waals surface area contributed by atoms with Crippen LogP contribution in [0.25, 0.3) is 0 Å². The molecule has 0 aliphatic carbocycles. The minimum absolute atomic E-state index is 0.0155. The first-order valence-electron chi connectivity index (χ1n) is 12.1. The highest BCUT2D eigenvalue weighted by molar-refractivity contribution is 7.92. The molecule has 3 aromatic rings. The first kappa shape index (κ1) is 29.0. The fourth-order valence-electron chi connectivity index (χ4n) is 3.97. The lowest BCUT2D eigenvalue weighted by molar-refractivity contribution is -0.139. The van der Waals surface area contributed by atoms with Crippen molar-refractivity contribution in [2.24, 2.45) is 0 Å². The van der Waals surface area contributed by atoms with Crippen LogP contribution >= 0.6 is 11.6 Å². The number of likely N-dealkylation sites (N-methyl/N-ethyl adjacent to an activating group) is 1. The summed E-state index contributed by atoms with van der Waals surface area (Å²) in [5.74, 6) is -0.514. The van der Waals surface area contributed by atoms with E-state index in [9.17, 15) is 18.0 Å². The maximum atomic E-state index is 13.8. The van der Waals surface area contributed by atoms with E-state index in [-0.39, 0.29) is 28.1 Å². The zero-order chi connectivity index (χ0) is 27.9. The van der Waals surface area contributed by atoms with Gasteiger partial charge in [0.25, 0.3) is 10.0 Å². The van der Waals surface area contributed by atoms with Crippen molar-refractivity contribution in [3.05, 3.63) is 88.9 Å². The molecule has 8 nitrogen and oxygen atoms in total. The molecule has 1 N–H and O–H groups in total. The Morgan fingerprint density at radius 2 is 1.74 bits per heavy atom. The molecule has 38 heavy (non-hydrogen) atoms. The molecule has 0 saturated carbocycles. The predicted molar refractivity (Wildman–Crippen MR) is 149 cm³/mol. The quantitative estimate of drug-likeness (QED) is 0.377. The van der Waals surface area contributed by atoms with Crippen molar-refractivity contribution in [2.75, 3.05) is 24.5 Å². The average molecular weight is 558 g/mol. The van der Waals surface area contributed by atoms with Crippen molar-refractivity contribution >= 4 is 39.1 Å². The van der Waals surface area contributed by atoms with Crippen molar-refractivity contribution in [2.45, 2.75) is 38.3 Å². The van der Waals surface area contributed by atoms with Gasteiger partial charge in [0.2, 0.25) is 11.8 Å². The summed E-state index contributed by atoms with van der Waals surface area (Å²) in [6, 6.07) is 19.1. The number of ether oxygens (including phenoxy) is 1. The number of hydrogen-bond acceptors (Lipinski definition) is 5. The van der Waals surface area contributed by atoms with Gasteiger partial charge in [-0.1, -0.05) is 59.6 Å². The van der Waals surface area contributed by atoms with E-state index >= 15 is 0 Å². The highest BCUT2D eigenvalue weighted by Crippen LogP contribution is 2.32. The molecule has 0 spiro atoms. The number of rotatable bonds is 11. The Labute approximate surface area is 229 Å². The molecule has 0 saturated heterocycles. The third kappa shape index (κ3) is 6.85. The van der Waals surface area contributed by atoms with Gasteiger partial charge in [0.05, 0.1) is 22.7 Å². The molecule has 0 bridgehead atoms. The maximum Gasteiger partial charge on any atom is 0.264 e. The Kier molecular flexibility index (Phi) is 9.77. The average Bonchev–Trinajstić information content (AvgIpc) is 2.90. The van der Waals surface area contributed by atoms with E-state index in [0.29, 0.717) is 12.3 Å². The summed E-state index contributed by atoms with van der Waals surface area (Å²) < 4.78 is 33.7. The van der Waals surface area contributed by atoms with E-state index in [1.807, 2.05) is 31.2 Å². The lowest BCUT2D eigenvalue weighted by Crippen LogP contribution is -2.51. The van der Waals surface area contributed by atoms with Gasteiger partial charge in [-0.05, 0) is 56.7 Å². The van der Waals surface area contributed by atoms with Crippen LogP contribution in [0.2, 0.25) is 5.02 Å². The molecular formula is C28H32ClN3O5S. The van der Waals surface area contributed by atoms with Crippen LogP contribution in [0, 0.1) is 6.92 Å². The first-order chi connectivity index (χ1) is 18.1. The van der Waals surface area contributed by atoms with Gasteiger partial charge in [0.1, 0.15) is 18.3 Å². The van der Waals surface area contributed by atoms with Crippen molar-refractivity contribution in [1.82, 2.24) is 10.2 Å². The van der Waals surface area contributed by atoms with Gasteiger partial charge >= 0.3 is 0 Å². The highest BCUT2D eigenvalue weighted by atomic mass is 35.5. The first-order valence-corrected chi connectivity index (χ1v) is 13.9. The number of hydrogen-bond donors (Lipinski definition) is 1. The monoisotopic (exact) mass is 557 g/mol. The summed E-state index contributed by atoms with van der Waals surface area (Å²) in [5, 5.41) is 2.94. The van der Waals surface area contributed by atoms with Crippen LogP contribution in [0.15, 0.2) is 77.7 Å². The minimum atomic E-state index is -4.17. The zero-order valence-electron chi connectivity index (χ0n) is 21.8. The summed E-state index contributed by atoms with van der Waals surface area (Å²) in [5.41, 5.74) is 2.01. The summed E-state index contributed by atoms with van der Waals surface area (Å²) >= 11 is 6.32. The second kappa shape index (κ2) is 12.8. The summed E-state index contributed by atoms with van der Waals surface area (Å²) in [7, 11) is -2.72. The van der Waals surface area contributed by atoms with Gasteiger partial charge in [0.15, 0.2) is 0 Å². The van der Waals surface area contributed by atoms with Gasteiger partial charge in [-0.3, -0.25) is 13.9 Å². The van der Waals surface area contributed by atoms with Crippen molar-refractivity contribution in [3.8, 4) is 5.75 Å². The summed E-state index contributed by atoms with van der Waals surface area (Å²) in [6.45, 7) is 5.33. The van der Waals surface area contributed by atoms with E-state index < -0.39 is 28.5 Å². The van der Waals surface area contributed by atoms with Crippen LogP contribution in [-0.4, -0.2) is 51.4 Å². The van der Waals surface area contributed by atoms with Gasteiger partial charge in [0, 0.05) is 13.1 Å². The van der Waals surface area contributed by atoms with Crippen molar-refractivity contribution < 1.29 is 22.7 Å². The third-order valence-corrected chi connectivity index (χ3v) is 8.07. The highest BCUT2D eigenvalue weighted by Gasteiger charge is 2.32. The molecule has 2 amide bonds. The smallest absolute Gasteiger partial charge is 0.264 e. The number of nitrogens with one attached hydrogen (secondary N) is 1. The lowest BCUT2D eigenvalue weighted by atomic mass is 10.1. The fraction of sp³-hybridized carbons (Fsp3) is 0.286. The number of nitrogens with zero attached hydrogens (tertiary/aromatic N) is 2. The van der Waals surface area contributed by atoms with Crippen molar-refractivity contribution in [3.63, 3.8) is 0 Å². The van der Waals surface area contributed by atoms with Crippen molar-refractivity contribution in [1.29, 1.82) is 0 Å². The number of benzene rings is 3. The van der Waals surface area contributed by atoms with Crippen LogP contribution < -0.4 is 14.4 Å². The molecular weight excluding hydrogens is 526 g/mol. The number of anilines is 1. The molecule has 0 fully saturated rings. The van der Waals surface area contributed by atoms with E-state index in [1.54, 1.807) is 32.0 Å². The fourth-order valence-corrected chi connectivity index (χ4v) is 5.65. The van der Waals surface area contributed by atoms with Crippen LogP contribution in [0.5, 0.6) is 5.75 Å². The second-order valence-corrected chi connectivity index (χ2v) is 11.0. The second-order valence-electron chi connectivity index (χ2n) is 8.72. The number of sulfonamides is 1. The van der Waals surface area contributed by atoms with Crippen LogP contribution in [0.1, 0.15) is 25.0 Å². The molecule has 0 radical (unpaired) electrons. The lowest BCUT2D eigenvalue weighted by Gasteiger charge is -2.32. The number of methoxy groups -OCH3 is 1. The van der Waals surface area contributed by atoms with Crippen LogP contribution in [0.4, 0.5) is 5.69 Å². The molecule has 0 heterocycles. The number of carbonyl (C=O) groups is 2. The summed E-state index contributed by atoms with van der Waals surface area (Å²) in [4.78, 5) is 28.0. The Bertz CT molecular complexity index is 1380. The number of halogens is 1. The van der Waals surface area contributed by atoms with Gasteiger partial charge in [-0.2, -0.15) is 0 Å². The third-order valence-electron chi connectivity index (χ3n) is 5.99. The van der Waals surface area contributed by atoms with Gasteiger partial charge in [-0.15, -0.1) is 0 Å². The Morgan fingerprint density at radius 3 is 2.34 bits per heavy atom. The minimum Gasteiger partial charge on any atom is -0.495 e. The molecule has 0 aliphatic rings. The van der Waals surface area contributed by atoms with E-state index in [2.05, 4.69) is 5.32 Å². The zero-order valence-corrected chi connectivity index (χ0v) is 23.4. The van der Waals surface area contributed by atoms with E-state index in [4.69, 9.17) is 16.3 Å². The molecule has 202 valence electrons. The summed E-state index contributed by atoms with van der Waals surface area (Å²) in [6.07, 6.45) is 0. The molecule has 1 unspecified atom stereocenters. The van der Waals surface area contributed by atoms with Gasteiger partial charge < -0.3 is 15.0 Å².